The molecule has 0 bridgehead atoms. The Bertz CT molecular complexity index is 376. The van der Waals surface area contributed by atoms with Crippen molar-refractivity contribution >= 4 is 11.9 Å². The van der Waals surface area contributed by atoms with Gasteiger partial charge in [0.1, 0.15) is 18.1 Å². The second-order valence-electron chi connectivity index (χ2n) is 2.93. The van der Waals surface area contributed by atoms with Gasteiger partial charge >= 0.3 is 0 Å². The molecule has 0 amide bonds. The van der Waals surface area contributed by atoms with Crippen LogP contribution in [0.3, 0.4) is 0 Å². The Labute approximate surface area is 87.9 Å². The number of furan rings is 1. The SMILES string of the molecule is CCc1ccc(CN=C(N)N=C(N)N)o1. The maximum absolute atomic E-state index is 5.42. The molecule has 0 saturated heterocycles. The lowest BCUT2D eigenvalue weighted by Crippen LogP contribution is -2.26. The highest BCUT2D eigenvalue weighted by Gasteiger charge is 1.99. The lowest BCUT2D eigenvalue weighted by molar-refractivity contribution is 0.472. The van der Waals surface area contributed by atoms with Gasteiger partial charge in [-0.1, -0.05) is 6.92 Å². The number of hydrogen-bond donors (Lipinski definition) is 3. The van der Waals surface area contributed by atoms with Crippen molar-refractivity contribution in [1.29, 1.82) is 0 Å². The zero-order chi connectivity index (χ0) is 11.3. The standard InChI is InChI=1S/C9H15N5O/c1-2-6-3-4-7(15-6)5-13-9(12)14-8(10)11/h3-4H,2,5H2,1H3,(H6,10,11,12,13,14). The van der Waals surface area contributed by atoms with Gasteiger partial charge in [0.2, 0.25) is 5.96 Å². The summed E-state index contributed by atoms with van der Waals surface area (Å²) in [6.45, 7) is 2.35. The second-order valence-corrected chi connectivity index (χ2v) is 2.93. The molecule has 15 heavy (non-hydrogen) atoms. The smallest absolute Gasteiger partial charge is 0.218 e. The molecule has 0 atom stereocenters. The number of aliphatic imine (C=N–C) groups is 2. The fourth-order valence-corrected chi connectivity index (χ4v) is 1.02. The fraction of sp³-hybridized carbons (Fsp3) is 0.333. The molecule has 1 aromatic rings. The largest absolute Gasteiger partial charge is 0.464 e. The van der Waals surface area contributed by atoms with Gasteiger partial charge in [-0.2, -0.15) is 4.99 Å². The molecule has 0 unspecified atom stereocenters. The Morgan fingerprint density at radius 2 is 1.93 bits per heavy atom. The maximum Gasteiger partial charge on any atom is 0.218 e. The molecule has 0 aliphatic heterocycles. The summed E-state index contributed by atoms with van der Waals surface area (Å²) in [6.07, 6.45) is 0.854. The number of nitrogens with zero attached hydrogens (tertiary/aromatic N) is 2. The first-order valence-corrected chi connectivity index (χ1v) is 4.59. The summed E-state index contributed by atoms with van der Waals surface area (Å²) >= 11 is 0. The minimum atomic E-state index is -0.107. The minimum absolute atomic E-state index is 0.0458. The van der Waals surface area contributed by atoms with Gasteiger partial charge in [-0.15, -0.1) is 0 Å². The summed E-state index contributed by atoms with van der Waals surface area (Å²) in [6, 6.07) is 3.76. The highest BCUT2D eigenvalue weighted by Crippen LogP contribution is 2.09. The highest BCUT2D eigenvalue weighted by molar-refractivity contribution is 5.92. The number of aryl methyl sites for hydroxylation is 1. The Kier molecular flexibility index (Phi) is 3.73. The van der Waals surface area contributed by atoms with Gasteiger partial charge < -0.3 is 21.6 Å². The van der Waals surface area contributed by atoms with Crippen molar-refractivity contribution in [2.45, 2.75) is 19.9 Å². The first-order chi connectivity index (χ1) is 7.11. The van der Waals surface area contributed by atoms with Crippen LogP contribution in [0.5, 0.6) is 0 Å². The number of guanidine groups is 2. The predicted molar refractivity (Wildman–Crippen MR) is 59.2 cm³/mol. The maximum atomic E-state index is 5.42. The van der Waals surface area contributed by atoms with E-state index in [2.05, 4.69) is 9.98 Å². The van der Waals surface area contributed by atoms with Gasteiger partial charge in [0.25, 0.3) is 0 Å². The molecular weight excluding hydrogens is 194 g/mol. The third-order valence-electron chi connectivity index (χ3n) is 1.71. The number of rotatable bonds is 3. The fourth-order valence-electron chi connectivity index (χ4n) is 1.02. The van der Waals surface area contributed by atoms with E-state index in [0.29, 0.717) is 6.54 Å². The van der Waals surface area contributed by atoms with E-state index in [9.17, 15) is 0 Å². The van der Waals surface area contributed by atoms with Crippen molar-refractivity contribution in [3.63, 3.8) is 0 Å². The third kappa shape index (κ3) is 3.72. The molecular formula is C9H15N5O. The van der Waals surface area contributed by atoms with Crippen LogP contribution in [0, 0.1) is 0 Å². The first kappa shape index (κ1) is 11.1. The normalized spacial score (nSPS) is 11.4. The minimum Gasteiger partial charge on any atom is -0.464 e. The molecule has 6 heteroatoms. The molecule has 0 aromatic carbocycles. The van der Waals surface area contributed by atoms with Crippen LogP contribution in [-0.2, 0) is 13.0 Å². The molecule has 82 valence electrons. The quantitative estimate of drug-likeness (QED) is 0.477. The zero-order valence-corrected chi connectivity index (χ0v) is 8.60. The Balaban J connectivity index is 2.59. The molecule has 1 heterocycles. The Morgan fingerprint density at radius 1 is 1.27 bits per heavy atom. The van der Waals surface area contributed by atoms with Crippen molar-refractivity contribution in [3.05, 3.63) is 23.7 Å². The number of nitrogens with two attached hydrogens (primary N) is 3. The van der Waals surface area contributed by atoms with E-state index in [0.717, 1.165) is 17.9 Å². The van der Waals surface area contributed by atoms with Crippen molar-refractivity contribution in [2.75, 3.05) is 0 Å². The molecule has 0 spiro atoms. The van der Waals surface area contributed by atoms with E-state index >= 15 is 0 Å². The van der Waals surface area contributed by atoms with Gasteiger partial charge in [-0.05, 0) is 12.1 Å². The van der Waals surface area contributed by atoms with Crippen LogP contribution in [-0.4, -0.2) is 11.9 Å². The van der Waals surface area contributed by atoms with Gasteiger partial charge in [0.05, 0.1) is 0 Å². The van der Waals surface area contributed by atoms with Crippen LogP contribution >= 0.6 is 0 Å². The van der Waals surface area contributed by atoms with Gasteiger partial charge in [-0.3, -0.25) is 0 Å². The van der Waals surface area contributed by atoms with E-state index in [1.807, 2.05) is 19.1 Å². The summed E-state index contributed by atoms with van der Waals surface area (Å²) in [5.74, 6) is 1.59. The van der Waals surface area contributed by atoms with Crippen LogP contribution < -0.4 is 17.2 Å². The van der Waals surface area contributed by atoms with E-state index in [4.69, 9.17) is 21.6 Å². The highest BCUT2D eigenvalue weighted by atomic mass is 16.3. The van der Waals surface area contributed by atoms with Gasteiger partial charge in [0, 0.05) is 6.42 Å². The lowest BCUT2D eigenvalue weighted by Gasteiger charge is -1.94. The van der Waals surface area contributed by atoms with E-state index in [1.165, 1.54) is 0 Å². The van der Waals surface area contributed by atoms with E-state index < -0.39 is 0 Å². The van der Waals surface area contributed by atoms with Crippen LogP contribution in [0.1, 0.15) is 18.4 Å². The zero-order valence-electron chi connectivity index (χ0n) is 8.60. The lowest BCUT2D eigenvalue weighted by atomic mass is 10.3. The Hall–Kier alpha value is -1.98. The molecule has 1 rings (SSSR count). The average Bonchev–Trinajstić information content (AvgIpc) is 2.61. The molecule has 1 aromatic heterocycles. The van der Waals surface area contributed by atoms with Crippen LogP contribution in [0.2, 0.25) is 0 Å². The molecule has 6 nitrogen and oxygen atoms in total. The van der Waals surface area contributed by atoms with Crippen LogP contribution in [0.15, 0.2) is 26.5 Å². The molecule has 0 aliphatic rings. The van der Waals surface area contributed by atoms with Gasteiger partial charge in [0.15, 0.2) is 5.96 Å². The van der Waals surface area contributed by atoms with Crippen molar-refractivity contribution in [1.82, 2.24) is 0 Å². The van der Waals surface area contributed by atoms with E-state index in [1.54, 1.807) is 0 Å². The third-order valence-corrected chi connectivity index (χ3v) is 1.71. The molecule has 6 N–H and O–H groups in total. The van der Waals surface area contributed by atoms with Crippen molar-refractivity contribution in [3.8, 4) is 0 Å². The summed E-state index contributed by atoms with van der Waals surface area (Å²) in [5.41, 5.74) is 15.7. The van der Waals surface area contributed by atoms with Crippen LogP contribution in [0.25, 0.3) is 0 Å². The molecule has 0 aliphatic carbocycles. The van der Waals surface area contributed by atoms with E-state index in [-0.39, 0.29) is 11.9 Å². The first-order valence-electron chi connectivity index (χ1n) is 4.59. The molecule has 0 radical (unpaired) electrons. The van der Waals surface area contributed by atoms with Crippen LogP contribution in [0.4, 0.5) is 0 Å². The number of hydrogen-bond acceptors (Lipinski definition) is 2. The molecule has 0 fully saturated rings. The topological polar surface area (TPSA) is 116 Å². The average molecular weight is 209 g/mol. The Morgan fingerprint density at radius 3 is 2.47 bits per heavy atom. The van der Waals surface area contributed by atoms with Crippen molar-refractivity contribution < 1.29 is 4.42 Å². The second kappa shape index (κ2) is 5.04. The summed E-state index contributed by atoms with van der Waals surface area (Å²) in [7, 11) is 0. The molecule has 0 saturated carbocycles. The summed E-state index contributed by atoms with van der Waals surface area (Å²) < 4.78 is 5.41. The summed E-state index contributed by atoms with van der Waals surface area (Å²) in [4.78, 5) is 7.51. The van der Waals surface area contributed by atoms with Gasteiger partial charge in [-0.25, -0.2) is 4.99 Å². The summed E-state index contributed by atoms with van der Waals surface area (Å²) in [5, 5.41) is 0. The van der Waals surface area contributed by atoms with Crippen molar-refractivity contribution in [2.24, 2.45) is 27.2 Å². The monoisotopic (exact) mass is 209 g/mol. The predicted octanol–water partition coefficient (Wildman–Crippen LogP) is -0.0699.